The summed E-state index contributed by atoms with van der Waals surface area (Å²) in [5, 5.41) is 6.09. The van der Waals surface area contributed by atoms with Crippen molar-refractivity contribution in [2.24, 2.45) is 0 Å². The first kappa shape index (κ1) is 11.0. The van der Waals surface area contributed by atoms with Gasteiger partial charge in [-0.1, -0.05) is 5.16 Å². The van der Waals surface area contributed by atoms with Gasteiger partial charge in [-0.3, -0.25) is 4.79 Å². The van der Waals surface area contributed by atoms with Crippen LogP contribution in [0, 0.1) is 0 Å². The molecular weight excluding hydrogens is 222 g/mol. The van der Waals surface area contributed by atoms with E-state index in [1.54, 1.807) is 18.2 Å². The fraction of sp³-hybridized carbons (Fsp3) is 0.0909. The van der Waals surface area contributed by atoms with Crippen LogP contribution in [0.3, 0.4) is 0 Å². The van der Waals surface area contributed by atoms with Gasteiger partial charge < -0.3 is 20.3 Å². The number of nitrogens with two attached hydrogens (primary N) is 1. The summed E-state index contributed by atoms with van der Waals surface area (Å²) in [5.41, 5.74) is 7.00. The highest BCUT2D eigenvalue weighted by atomic mass is 16.5. The Morgan fingerprint density at radius 3 is 2.94 bits per heavy atom. The highest BCUT2D eigenvalue weighted by molar-refractivity contribution is 6.04. The maximum absolute atomic E-state index is 11.8. The molecule has 0 unspecified atom stereocenters. The number of carbonyl (C=O) groups excluding carboxylic acids is 1. The van der Waals surface area contributed by atoms with Crippen molar-refractivity contribution >= 4 is 17.3 Å². The number of nitrogens with one attached hydrogen (secondary N) is 1. The van der Waals surface area contributed by atoms with Crippen LogP contribution in [-0.2, 0) is 0 Å². The number of anilines is 2. The number of nitrogen functional groups attached to an aromatic ring is 1. The van der Waals surface area contributed by atoms with E-state index < -0.39 is 0 Å². The summed E-state index contributed by atoms with van der Waals surface area (Å²) in [6.45, 7) is 0. The van der Waals surface area contributed by atoms with Crippen molar-refractivity contribution in [3.05, 3.63) is 36.2 Å². The summed E-state index contributed by atoms with van der Waals surface area (Å²) in [7, 11) is 1.51. The molecule has 0 spiro atoms. The predicted octanol–water partition coefficient (Wildman–Crippen LogP) is 1.52. The molecule has 1 heterocycles. The maximum Gasteiger partial charge on any atom is 0.256 e. The summed E-state index contributed by atoms with van der Waals surface area (Å²) < 4.78 is 9.64. The second kappa shape index (κ2) is 4.56. The number of carbonyl (C=O) groups is 1. The van der Waals surface area contributed by atoms with E-state index in [2.05, 4.69) is 15.0 Å². The molecule has 0 aliphatic heterocycles. The van der Waals surface area contributed by atoms with Crippen molar-refractivity contribution in [1.29, 1.82) is 0 Å². The summed E-state index contributed by atoms with van der Waals surface area (Å²) >= 11 is 0. The highest BCUT2D eigenvalue weighted by Crippen LogP contribution is 2.19. The zero-order valence-corrected chi connectivity index (χ0v) is 9.14. The largest absolute Gasteiger partial charge is 0.497 e. The number of ether oxygens (including phenoxy) is 1. The molecule has 0 atom stereocenters. The van der Waals surface area contributed by atoms with Crippen LogP contribution < -0.4 is 15.8 Å². The van der Waals surface area contributed by atoms with Gasteiger partial charge in [0, 0.05) is 17.3 Å². The van der Waals surface area contributed by atoms with Gasteiger partial charge in [-0.15, -0.1) is 0 Å². The molecular formula is C11H11N3O3. The zero-order valence-electron chi connectivity index (χ0n) is 9.14. The maximum atomic E-state index is 11.8. The van der Waals surface area contributed by atoms with Crippen molar-refractivity contribution in [2.45, 2.75) is 0 Å². The van der Waals surface area contributed by atoms with Gasteiger partial charge >= 0.3 is 0 Å². The van der Waals surface area contributed by atoms with Crippen molar-refractivity contribution < 1.29 is 14.1 Å². The molecule has 1 amide bonds. The molecule has 2 rings (SSSR count). The first-order valence-corrected chi connectivity index (χ1v) is 4.84. The fourth-order valence-corrected chi connectivity index (χ4v) is 1.34. The molecule has 3 N–H and O–H groups in total. The highest BCUT2D eigenvalue weighted by Gasteiger charge is 2.09. The van der Waals surface area contributed by atoms with Gasteiger partial charge in [0.1, 0.15) is 17.7 Å². The second-order valence-corrected chi connectivity index (χ2v) is 3.36. The van der Waals surface area contributed by atoms with Gasteiger partial charge in [-0.25, -0.2) is 0 Å². The topological polar surface area (TPSA) is 90.4 Å². The Morgan fingerprint density at radius 1 is 1.47 bits per heavy atom. The molecule has 6 nitrogen and oxygen atoms in total. The molecule has 0 bridgehead atoms. The lowest BCUT2D eigenvalue weighted by atomic mass is 10.1. The van der Waals surface area contributed by atoms with E-state index in [0.717, 1.165) is 0 Å². The number of methoxy groups -OCH3 is 1. The van der Waals surface area contributed by atoms with Gasteiger partial charge in [-0.05, 0) is 12.1 Å². The number of hydrogen-bond acceptors (Lipinski definition) is 5. The summed E-state index contributed by atoms with van der Waals surface area (Å²) in [4.78, 5) is 11.8. The van der Waals surface area contributed by atoms with Crippen LogP contribution in [0.5, 0.6) is 5.75 Å². The SMILES string of the molecule is COc1cc(N)cc(C(=O)Nc2cnoc2)c1. The molecule has 0 fully saturated rings. The van der Waals surface area contributed by atoms with Crippen LogP contribution in [0.2, 0.25) is 0 Å². The lowest BCUT2D eigenvalue weighted by Gasteiger charge is -2.06. The molecule has 0 aliphatic carbocycles. The van der Waals surface area contributed by atoms with Crippen LogP contribution in [0.1, 0.15) is 10.4 Å². The van der Waals surface area contributed by atoms with E-state index >= 15 is 0 Å². The molecule has 88 valence electrons. The minimum atomic E-state index is -0.307. The van der Waals surface area contributed by atoms with Crippen molar-refractivity contribution in [3.8, 4) is 5.75 Å². The Hall–Kier alpha value is -2.50. The third kappa shape index (κ3) is 2.54. The number of hydrogen-bond donors (Lipinski definition) is 2. The van der Waals surface area contributed by atoms with E-state index in [1.165, 1.54) is 19.6 Å². The fourth-order valence-electron chi connectivity index (χ4n) is 1.34. The van der Waals surface area contributed by atoms with Crippen molar-refractivity contribution in [3.63, 3.8) is 0 Å². The molecule has 0 saturated carbocycles. The molecule has 2 aromatic rings. The van der Waals surface area contributed by atoms with Crippen LogP contribution in [-0.4, -0.2) is 18.2 Å². The number of nitrogens with zero attached hydrogens (tertiary/aromatic N) is 1. The first-order chi connectivity index (χ1) is 8.19. The molecule has 6 heteroatoms. The van der Waals surface area contributed by atoms with E-state index in [-0.39, 0.29) is 5.91 Å². The minimum Gasteiger partial charge on any atom is -0.497 e. The lowest BCUT2D eigenvalue weighted by molar-refractivity contribution is 0.102. The van der Waals surface area contributed by atoms with Crippen molar-refractivity contribution in [1.82, 2.24) is 5.16 Å². The second-order valence-electron chi connectivity index (χ2n) is 3.36. The Bertz CT molecular complexity index is 523. The van der Waals surface area contributed by atoms with E-state index in [0.29, 0.717) is 22.7 Å². The molecule has 17 heavy (non-hydrogen) atoms. The first-order valence-electron chi connectivity index (χ1n) is 4.84. The van der Waals surface area contributed by atoms with Gasteiger partial charge in [0.05, 0.1) is 13.3 Å². The van der Waals surface area contributed by atoms with E-state index in [9.17, 15) is 4.79 Å². The summed E-state index contributed by atoms with van der Waals surface area (Å²) in [6.07, 6.45) is 2.74. The molecule has 1 aromatic carbocycles. The lowest BCUT2D eigenvalue weighted by Crippen LogP contribution is -2.11. The Labute approximate surface area is 97.3 Å². The van der Waals surface area contributed by atoms with Crippen LogP contribution >= 0.6 is 0 Å². The minimum absolute atomic E-state index is 0.307. The van der Waals surface area contributed by atoms with Crippen LogP contribution in [0.15, 0.2) is 35.2 Å². The molecule has 0 saturated heterocycles. The third-order valence-corrected chi connectivity index (χ3v) is 2.12. The van der Waals surface area contributed by atoms with Crippen molar-refractivity contribution in [2.75, 3.05) is 18.2 Å². The summed E-state index contributed by atoms with van der Waals surface area (Å²) in [5.74, 6) is 0.222. The third-order valence-electron chi connectivity index (χ3n) is 2.12. The van der Waals surface area contributed by atoms with Crippen LogP contribution in [0.25, 0.3) is 0 Å². The number of rotatable bonds is 3. The summed E-state index contributed by atoms with van der Waals surface area (Å²) in [6, 6.07) is 4.79. The number of amides is 1. The molecule has 1 aromatic heterocycles. The molecule has 0 aliphatic rings. The normalized spacial score (nSPS) is 9.94. The average Bonchev–Trinajstić information content (AvgIpc) is 2.81. The van der Waals surface area contributed by atoms with Gasteiger partial charge in [-0.2, -0.15) is 0 Å². The number of benzene rings is 1. The smallest absolute Gasteiger partial charge is 0.256 e. The van der Waals surface area contributed by atoms with E-state index in [4.69, 9.17) is 10.5 Å². The molecule has 0 radical (unpaired) electrons. The van der Waals surface area contributed by atoms with Gasteiger partial charge in [0.25, 0.3) is 5.91 Å². The number of aromatic nitrogens is 1. The predicted molar refractivity (Wildman–Crippen MR) is 61.9 cm³/mol. The Kier molecular flexibility index (Phi) is 2.95. The Balaban J connectivity index is 2.21. The van der Waals surface area contributed by atoms with Gasteiger partial charge in [0.15, 0.2) is 0 Å². The van der Waals surface area contributed by atoms with E-state index in [1.807, 2.05) is 0 Å². The Morgan fingerprint density at radius 2 is 2.29 bits per heavy atom. The van der Waals surface area contributed by atoms with Crippen LogP contribution in [0.4, 0.5) is 11.4 Å². The monoisotopic (exact) mass is 233 g/mol. The standard InChI is InChI=1S/C11H11N3O3/c1-16-10-3-7(2-8(12)4-10)11(15)14-9-5-13-17-6-9/h2-6H,12H2,1H3,(H,14,15). The van der Waals surface area contributed by atoms with Gasteiger partial charge in [0.2, 0.25) is 0 Å². The average molecular weight is 233 g/mol. The zero-order chi connectivity index (χ0) is 12.3. The quantitative estimate of drug-likeness (QED) is 0.784.